The third-order valence-electron chi connectivity index (χ3n) is 25.8. The molecule has 556 valence electrons. The predicted octanol–water partition coefficient (Wildman–Crippen LogP) is 30.4. The molecule has 0 N–H and O–H groups in total. The summed E-state index contributed by atoms with van der Waals surface area (Å²) < 4.78 is 9.87. The van der Waals surface area contributed by atoms with Crippen molar-refractivity contribution < 1.29 is 0 Å². The summed E-state index contributed by atoms with van der Waals surface area (Å²) in [5, 5.41) is 10.1. The number of para-hydroxylation sites is 2. The van der Waals surface area contributed by atoms with Crippen molar-refractivity contribution in [1.82, 2.24) is 18.3 Å². The fourth-order valence-electron chi connectivity index (χ4n) is 20.2. The van der Waals surface area contributed by atoms with Crippen molar-refractivity contribution >= 4 is 87.2 Å². The highest BCUT2D eigenvalue weighted by atomic mass is 15.0. The molecule has 0 radical (unpaired) electrons. The van der Waals surface area contributed by atoms with E-state index in [1.54, 1.807) is 0 Å². The normalized spacial score (nSPS) is 13.1. The molecule has 0 bridgehead atoms. The van der Waals surface area contributed by atoms with E-state index in [4.69, 9.17) is 0 Å². The van der Waals surface area contributed by atoms with Crippen molar-refractivity contribution in [3.8, 4) is 112 Å². The van der Waals surface area contributed by atoms with Crippen LogP contribution in [0.15, 0.2) is 413 Å². The number of nitrogens with zero attached hydrogens (tertiary/aromatic N) is 4. The van der Waals surface area contributed by atoms with Crippen molar-refractivity contribution in [2.45, 2.75) is 38.5 Å². The van der Waals surface area contributed by atoms with Crippen LogP contribution < -0.4 is 0 Å². The van der Waals surface area contributed by atoms with Gasteiger partial charge in [0.05, 0.1) is 44.1 Å². The number of hydrogen-bond donors (Lipinski definition) is 0. The molecule has 22 aromatic rings. The van der Waals surface area contributed by atoms with Crippen LogP contribution in [-0.2, 0) is 10.8 Å². The van der Waals surface area contributed by atoms with Crippen LogP contribution in [0.5, 0.6) is 0 Å². The molecule has 4 heterocycles. The van der Waals surface area contributed by atoms with E-state index in [0.29, 0.717) is 0 Å². The maximum atomic E-state index is 2.52. The number of fused-ring (bicyclic) bond motifs is 20. The summed E-state index contributed by atoms with van der Waals surface area (Å²) in [4.78, 5) is 0. The first-order valence-corrected chi connectivity index (χ1v) is 41.2. The third-order valence-corrected chi connectivity index (χ3v) is 25.8. The highest BCUT2D eigenvalue weighted by molar-refractivity contribution is 6.19. The van der Waals surface area contributed by atoms with Crippen LogP contribution in [0.25, 0.3) is 199 Å². The minimum atomic E-state index is -0.162. The van der Waals surface area contributed by atoms with E-state index < -0.39 is 0 Å². The van der Waals surface area contributed by atoms with Gasteiger partial charge in [-0.2, -0.15) is 0 Å². The van der Waals surface area contributed by atoms with Gasteiger partial charge < -0.3 is 18.3 Å². The van der Waals surface area contributed by atoms with E-state index in [9.17, 15) is 0 Å². The van der Waals surface area contributed by atoms with Crippen molar-refractivity contribution in [2.75, 3.05) is 0 Å². The van der Waals surface area contributed by atoms with Crippen LogP contribution in [0, 0.1) is 0 Å². The summed E-state index contributed by atoms with van der Waals surface area (Å²) >= 11 is 0. The van der Waals surface area contributed by atoms with Gasteiger partial charge in [-0.25, -0.2) is 0 Å². The summed E-state index contributed by atoms with van der Waals surface area (Å²) in [5.74, 6) is 0. The highest BCUT2D eigenvalue weighted by Gasteiger charge is 2.40. The molecule has 118 heavy (non-hydrogen) atoms. The molecule has 0 spiro atoms. The van der Waals surface area contributed by atoms with Gasteiger partial charge >= 0.3 is 0 Å². The lowest BCUT2D eigenvalue weighted by atomic mass is 9.81. The molecule has 24 rings (SSSR count). The molecule has 0 aliphatic heterocycles. The first kappa shape index (κ1) is 68.7. The molecule has 2 aliphatic rings. The van der Waals surface area contributed by atoms with Crippen LogP contribution >= 0.6 is 0 Å². The Balaban J connectivity index is 0.000000138. The number of aromatic nitrogens is 4. The minimum Gasteiger partial charge on any atom is -0.309 e. The molecule has 4 nitrogen and oxygen atoms in total. The second kappa shape index (κ2) is 26.9. The summed E-state index contributed by atoms with van der Waals surface area (Å²) in [6.45, 7) is 9.53. The summed E-state index contributed by atoms with van der Waals surface area (Å²) in [5.41, 5.74) is 39.7. The Morgan fingerprint density at radius 2 is 0.492 bits per heavy atom. The molecule has 18 aromatic carbocycles. The zero-order chi connectivity index (χ0) is 78.5. The van der Waals surface area contributed by atoms with E-state index in [0.717, 1.165) is 11.4 Å². The monoisotopic (exact) mass is 1500 g/mol. The van der Waals surface area contributed by atoms with Crippen LogP contribution in [0.3, 0.4) is 0 Å². The lowest BCUT2D eigenvalue weighted by Crippen LogP contribution is -2.16. The van der Waals surface area contributed by atoms with Gasteiger partial charge in [-0.15, -0.1) is 0 Å². The smallest absolute Gasteiger partial charge is 0.0622 e. The maximum absolute atomic E-state index is 2.52. The lowest BCUT2D eigenvalue weighted by molar-refractivity contribution is 0.661. The zero-order valence-corrected chi connectivity index (χ0v) is 66.0. The maximum Gasteiger partial charge on any atom is 0.0622 e. The number of hydrogen-bond acceptors (Lipinski definition) is 0. The molecule has 0 saturated heterocycles. The largest absolute Gasteiger partial charge is 0.309 e. The van der Waals surface area contributed by atoms with Crippen molar-refractivity contribution in [1.29, 1.82) is 0 Å². The van der Waals surface area contributed by atoms with Gasteiger partial charge in [0.25, 0.3) is 0 Å². The fraction of sp³-hybridized carbons (Fsp3) is 0.0526. The molecular formula is C114H80N4. The molecule has 0 atom stereocenters. The Labute approximate surface area is 685 Å². The van der Waals surface area contributed by atoms with Gasteiger partial charge in [0.2, 0.25) is 0 Å². The first-order valence-electron chi connectivity index (χ1n) is 41.2. The second-order valence-electron chi connectivity index (χ2n) is 33.1. The van der Waals surface area contributed by atoms with E-state index in [2.05, 4.69) is 458 Å². The van der Waals surface area contributed by atoms with Gasteiger partial charge in [0.1, 0.15) is 0 Å². The Hall–Kier alpha value is -14.8. The molecule has 4 heteroatoms. The topological polar surface area (TPSA) is 19.7 Å². The number of benzene rings is 18. The van der Waals surface area contributed by atoms with Gasteiger partial charge in [-0.3, -0.25) is 0 Å². The van der Waals surface area contributed by atoms with Gasteiger partial charge in [0, 0.05) is 82.2 Å². The molecule has 0 amide bonds. The van der Waals surface area contributed by atoms with E-state index in [-0.39, 0.29) is 10.8 Å². The van der Waals surface area contributed by atoms with E-state index in [1.807, 2.05) is 0 Å². The lowest BCUT2D eigenvalue weighted by Gasteiger charge is -2.23. The fourth-order valence-corrected chi connectivity index (χ4v) is 20.2. The van der Waals surface area contributed by atoms with Gasteiger partial charge in [0.15, 0.2) is 0 Å². The Morgan fingerprint density at radius 3 is 0.958 bits per heavy atom. The van der Waals surface area contributed by atoms with E-state index >= 15 is 0 Å². The molecule has 0 fully saturated rings. The van der Waals surface area contributed by atoms with Crippen LogP contribution in [-0.4, -0.2) is 18.3 Å². The Kier molecular flexibility index (Phi) is 15.7. The van der Waals surface area contributed by atoms with Crippen molar-refractivity contribution in [2.24, 2.45) is 0 Å². The molecule has 4 aromatic heterocycles. The standard InChI is InChI=1S/2C57H40N2/c1-57(2)50-22-11-9-21-47(50)55-51(57)31-30-46-49-36-42(27-33-54(49)59(56(46)55)43-28-24-39(25-29-43)37-14-5-3-6-15-37)41-26-32-53-48(35-41)45-20-10-12-23-52(45)58(53)44-19-13-18-40(34-44)38-16-7-4-8-17-38;1-57(2)51-22-11-9-20-45(51)47-30-31-48-50-36-42(27-33-54(50)59(56(48)55(47)57)43-28-24-39(25-29-43)37-14-5-3-6-15-37)41-26-32-53-49(35-41)46-21-10-12-23-52(46)58(53)44-19-13-18-40(34-44)38-16-7-4-8-17-38/h2*3-36H,1-2H3. The zero-order valence-electron chi connectivity index (χ0n) is 66.0. The summed E-state index contributed by atoms with van der Waals surface area (Å²) in [6, 6.07) is 152. The average Bonchev–Trinajstić information content (AvgIpc) is 1.54. The molecular weight excluding hydrogens is 1430 g/mol. The SMILES string of the molecule is CC1(C)c2ccccc2-c2c1ccc1c3cc(-c4ccc5c(c4)c4ccccc4n5-c4cccc(-c5ccccc5)c4)ccc3n(-c3ccc(-c4ccccc4)cc3)c21.CC1(C)c2ccccc2-c2ccc3c4cc(-c5ccc6c(c5)c5ccccc5n6-c5cccc(-c6ccccc6)c5)ccc4n(-c4ccc(-c5ccccc5)cc4)c3c21. The Morgan fingerprint density at radius 1 is 0.169 bits per heavy atom. The van der Waals surface area contributed by atoms with Crippen LogP contribution in [0.2, 0.25) is 0 Å². The summed E-state index contributed by atoms with van der Waals surface area (Å²) in [7, 11) is 0. The van der Waals surface area contributed by atoms with Crippen molar-refractivity contribution in [3.63, 3.8) is 0 Å². The first-order chi connectivity index (χ1) is 58.1. The predicted molar refractivity (Wildman–Crippen MR) is 498 cm³/mol. The number of rotatable bonds is 10. The van der Waals surface area contributed by atoms with Crippen LogP contribution in [0.4, 0.5) is 0 Å². The molecule has 2 aliphatic carbocycles. The highest BCUT2D eigenvalue weighted by Crippen LogP contribution is 2.56. The molecule has 0 saturated carbocycles. The van der Waals surface area contributed by atoms with Gasteiger partial charge in [-0.05, 0) is 215 Å². The second-order valence-corrected chi connectivity index (χ2v) is 33.1. The quantitative estimate of drug-likeness (QED) is 0.130. The average molecular weight is 1510 g/mol. The summed E-state index contributed by atoms with van der Waals surface area (Å²) in [6.07, 6.45) is 0. The Bertz CT molecular complexity index is 7800. The minimum absolute atomic E-state index is 0.0960. The van der Waals surface area contributed by atoms with Crippen LogP contribution in [0.1, 0.15) is 49.9 Å². The third kappa shape index (κ3) is 10.8. The van der Waals surface area contributed by atoms with Gasteiger partial charge in [-0.1, -0.05) is 331 Å². The van der Waals surface area contributed by atoms with E-state index in [1.165, 1.54) is 210 Å². The van der Waals surface area contributed by atoms with Crippen molar-refractivity contribution in [3.05, 3.63) is 435 Å². The molecule has 0 unspecified atom stereocenters.